The highest BCUT2D eigenvalue weighted by molar-refractivity contribution is 5.94. The third-order valence-corrected chi connectivity index (χ3v) is 4.02. The number of benzene rings is 2. The number of carbonyl (C=O) groups excluding carboxylic acids is 1. The highest BCUT2D eigenvalue weighted by atomic mass is 16.5. The number of rotatable bonds is 7. The largest absolute Gasteiger partial charge is 0.375 e. The molecule has 2 aromatic rings. The smallest absolute Gasteiger partial charge is 0.251 e. The molecule has 2 aromatic carbocycles. The van der Waals surface area contributed by atoms with Gasteiger partial charge in [-0.15, -0.1) is 0 Å². The minimum Gasteiger partial charge on any atom is -0.375 e. The van der Waals surface area contributed by atoms with Crippen molar-refractivity contribution >= 4 is 5.91 Å². The molecular formula is C20H25NO2. The Morgan fingerprint density at radius 2 is 1.83 bits per heavy atom. The van der Waals surface area contributed by atoms with E-state index in [4.69, 9.17) is 4.74 Å². The lowest BCUT2D eigenvalue weighted by Gasteiger charge is -2.18. The number of aryl methyl sites for hydroxylation is 2. The fraction of sp³-hybridized carbons (Fsp3) is 0.350. The normalized spacial score (nSPS) is 12.0. The van der Waals surface area contributed by atoms with E-state index in [0.29, 0.717) is 12.1 Å². The lowest BCUT2D eigenvalue weighted by molar-refractivity contribution is 0.0826. The molecule has 3 nitrogen and oxygen atoms in total. The van der Waals surface area contributed by atoms with Crippen molar-refractivity contribution in [2.24, 2.45) is 0 Å². The third kappa shape index (κ3) is 4.67. The van der Waals surface area contributed by atoms with Gasteiger partial charge in [0.2, 0.25) is 0 Å². The van der Waals surface area contributed by atoms with E-state index >= 15 is 0 Å². The molecule has 1 N–H and O–H groups in total. The summed E-state index contributed by atoms with van der Waals surface area (Å²) in [5.74, 6) is -0.0660. The highest BCUT2D eigenvalue weighted by Gasteiger charge is 2.14. The number of amides is 1. The van der Waals surface area contributed by atoms with Crippen LogP contribution in [0.4, 0.5) is 0 Å². The fourth-order valence-electron chi connectivity index (χ4n) is 2.67. The minimum absolute atomic E-state index is 0.0660. The molecule has 0 aliphatic rings. The minimum atomic E-state index is -0.139. The second-order valence-corrected chi connectivity index (χ2v) is 5.74. The maximum Gasteiger partial charge on any atom is 0.251 e. The van der Waals surface area contributed by atoms with Gasteiger partial charge in [0.15, 0.2) is 0 Å². The van der Waals surface area contributed by atoms with Crippen LogP contribution in [0.3, 0.4) is 0 Å². The number of hydrogen-bond acceptors (Lipinski definition) is 2. The molecule has 0 saturated carbocycles. The molecule has 0 bridgehead atoms. The summed E-state index contributed by atoms with van der Waals surface area (Å²) in [6.07, 6.45) is 2.01. The Balaban J connectivity index is 1.98. The Hall–Kier alpha value is -2.13. The monoisotopic (exact) mass is 311 g/mol. The average molecular weight is 311 g/mol. The van der Waals surface area contributed by atoms with Gasteiger partial charge in [0.05, 0.1) is 6.10 Å². The Kier molecular flexibility index (Phi) is 6.36. The second kappa shape index (κ2) is 8.49. The molecule has 122 valence electrons. The zero-order valence-electron chi connectivity index (χ0n) is 14.1. The SMILES string of the molecule is CCCc1ccc(C(=O)NCC(OC)c2ccccc2C)cc1. The molecule has 23 heavy (non-hydrogen) atoms. The van der Waals surface area contributed by atoms with Crippen molar-refractivity contribution in [3.05, 3.63) is 70.8 Å². The van der Waals surface area contributed by atoms with E-state index in [2.05, 4.69) is 25.2 Å². The van der Waals surface area contributed by atoms with Crippen molar-refractivity contribution in [1.82, 2.24) is 5.32 Å². The van der Waals surface area contributed by atoms with Crippen LogP contribution in [0.2, 0.25) is 0 Å². The number of methoxy groups -OCH3 is 1. The van der Waals surface area contributed by atoms with E-state index < -0.39 is 0 Å². The number of carbonyl (C=O) groups is 1. The Morgan fingerprint density at radius 1 is 1.13 bits per heavy atom. The van der Waals surface area contributed by atoms with E-state index in [1.165, 1.54) is 5.56 Å². The summed E-state index contributed by atoms with van der Waals surface area (Å²) < 4.78 is 5.54. The van der Waals surface area contributed by atoms with E-state index in [-0.39, 0.29) is 12.0 Å². The molecule has 0 aromatic heterocycles. The van der Waals surface area contributed by atoms with E-state index in [1.54, 1.807) is 7.11 Å². The van der Waals surface area contributed by atoms with Gasteiger partial charge in [0.1, 0.15) is 0 Å². The Bertz CT molecular complexity index is 634. The first-order valence-corrected chi connectivity index (χ1v) is 8.11. The van der Waals surface area contributed by atoms with Crippen LogP contribution in [0.1, 0.15) is 46.5 Å². The molecule has 0 radical (unpaired) electrons. The Morgan fingerprint density at radius 3 is 2.43 bits per heavy atom. The van der Waals surface area contributed by atoms with Crippen LogP contribution in [0.5, 0.6) is 0 Å². The molecule has 3 heteroatoms. The summed E-state index contributed by atoms with van der Waals surface area (Å²) in [5.41, 5.74) is 4.22. The van der Waals surface area contributed by atoms with Crippen molar-refractivity contribution in [3.8, 4) is 0 Å². The van der Waals surface area contributed by atoms with Crippen LogP contribution in [-0.4, -0.2) is 19.6 Å². The van der Waals surface area contributed by atoms with Crippen LogP contribution in [0.25, 0.3) is 0 Å². The zero-order valence-corrected chi connectivity index (χ0v) is 14.1. The molecular weight excluding hydrogens is 286 g/mol. The van der Waals surface area contributed by atoms with Crippen molar-refractivity contribution in [1.29, 1.82) is 0 Å². The van der Waals surface area contributed by atoms with E-state index in [1.807, 2.05) is 42.5 Å². The molecule has 1 unspecified atom stereocenters. The quantitative estimate of drug-likeness (QED) is 0.837. The molecule has 0 spiro atoms. The van der Waals surface area contributed by atoms with Gasteiger partial charge in [0, 0.05) is 19.2 Å². The lowest BCUT2D eigenvalue weighted by Crippen LogP contribution is -2.29. The van der Waals surface area contributed by atoms with Crippen molar-refractivity contribution in [2.75, 3.05) is 13.7 Å². The van der Waals surface area contributed by atoms with Gasteiger partial charge in [0.25, 0.3) is 5.91 Å². The summed E-state index contributed by atoms with van der Waals surface area (Å²) in [7, 11) is 1.67. The average Bonchev–Trinajstić information content (AvgIpc) is 2.57. The van der Waals surface area contributed by atoms with Gasteiger partial charge in [-0.1, -0.05) is 49.7 Å². The first-order valence-electron chi connectivity index (χ1n) is 8.11. The third-order valence-electron chi connectivity index (χ3n) is 4.02. The molecule has 0 aliphatic heterocycles. The van der Waals surface area contributed by atoms with E-state index in [0.717, 1.165) is 24.0 Å². The summed E-state index contributed by atoms with van der Waals surface area (Å²) in [6, 6.07) is 15.9. The lowest BCUT2D eigenvalue weighted by atomic mass is 10.0. The topological polar surface area (TPSA) is 38.3 Å². The fourth-order valence-corrected chi connectivity index (χ4v) is 2.67. The van der Waals surface area contributed by atoms with Gasteiger partial charge in [-0.3, -0.25) is 4.79 Å². The zero-order chi connectivity index (χ0) is 16.7. The van der Waals surface area contributed by atoms with Gasteiger partial charge >= 0.3 is 0 Å². The first kappa shape index (κ1) is 17.2. The standard InChI is InChI=1S/C20H25NO2/c1-4-7-16-10-12-17(13-11-16)20(22)21-14-19(23-3)18-9-6-5-8-15(18)2/h5-6,8-13,19H,4,7,14H2,1-3H3,(H,21,22). The van der Waals surface area contributed by atoms with Crippen molar-refractivity contribution < 1.29 is 9.53 Å². The predicted molar refractivity (Wildman–Crippen MR) is 93.7 cm³/mol. The molecule has 0 fully saturated rings. The summed E-state index contributed by atoms with van der Waals surface area (Å²) in [4.78, 5) is 12.3. The first-order chi connectivity index (χ1) is 11.2. The van der Waals surface area contributed by atoms with Gasteiger partial charge < -0.3 is 10.1 Å². The molecule has 1 amide bonds. The Labute approximate surface area is 138 Å². The molecule has 0 heterocycles. The number of nitrogens with one attached hydrogen (secondary N) is 1. The molecule has 1 atom stereocenters. The predicted octanol–water partition coefficient (Wildman–Crippen LogP) is 4.07. The van der Waals surface area contributed by atoms with E-state index in [9.17, 15) is 4.79 Å². The number of ether oxygens (including phenoxy) is 1. The number of hydrogen-bond donors (Lipinski definition) is 1. The summed E-state index contributed by atoms with van der Waals surface area (Å²) in [5, 5.41) is 2.96. The van der Waals surface area contributed by atoms with Gasteiger partial charge in [-0.25, -0.2) is 0 Å². The molecule has 0 saturated heterocycles. The van der Waals surface area contributed by atoms with Crippen LogP contribution in [0, 0.1) is 6.92 Å². The van der Waals surface area contributed by atoms with Crippen molar-refractivity contribution in [2.45, 2.75) is 32.8 Å². The molecule has 0 aliphatic carbocycles. The van der Waals surface area contributed by atoms with Gasteiger partial charge in [-0.2, -0.15) is 0 Å². The molecule has 2 rings (SSSR count). The van der Waals surface area contributed by atoms with Crippen LogP contribution < -0.4 is 5.32 Å². The van der Waals surface area contributed by atoms with Crippen molar-refractivity contribution in [3.63, 3.8) is 0 Å². The van der Waals surface area contributed by atoms with Crippen LogP contribution in [0.15, 0.2) is 48.5 Å². The second-order valence-electron chi connectivity index (χ2n) is 5.74. The maximum absolute atomic E-state index is 12.3. The van der Waals surface area contributed by atoms with Crippen LogP contribution in [-0.2, 0) is 11.2 Å². The highest BCUT2D eigenvalue weighted by Crippen LogP contribution is 2.19. The summed E-state index contributed by atoms with van der Waals surface area (Å²) in [6.45, 7) is 4.66. The van der Waals surface area contributed by atoms with Crippen LogP contribution >= 0.6 is 0 Å². The maximum atomic E-state index is 12.3. The van der Waals surface area contributed by atoms with Gasteiger partial charge in [-0.05, 0) is 42.2 Å². The summed E-state index contributed by atoms with van der Waals surface area (Å²) >= 11 is 0.